The van der Waals surface area contributed by atoms with Crippen LogP contribution in [0.4, 0.5) is 11.4 Å². The van der Waals surface area contributed by atoms with Crippen LogP contribution >= 0.6 is 11.6 Å². The molecule has 0 unspecified atom stereocenters. The number of nitro groups is 1. The van der Waals surface area contributed by atoms with E-state index in [0.29, 0.717) is 42.5 Å². The molecule has 1 aromatic heterocycles. The molecular weight excluding hydrogens is 396 g/mol. The first-order chi connectivity index (χ1) is 14.0. The topological polar surface area (TPSA) is 97.4 Å². The first-order valence-corrected chi connectivity index (χ1v) is 9.34. The van der Waals surface area contributed by atoms with Crippen molar-refractivity contribution in [2.75, 3.05) is 31.1 Å². The molecule has 1 aliphatic heterocycles. The summed E-state index contributed by atoms with van der Waals surface area (Å²) in [7, 11) is 0. The number of hydrogen-bond acceptors (Lipinski definition) is 6. The van der Waals surface area contributed by atoms with Crippen molar-refractivity contribution in [2.24, 2.45) is 0 Å². The second kappa shape index (κ2) is 7.88. The van der Waals surface area contributed by atoms with Crippen molar-refractivity contribution in [3.63, 3.8) is 0 Å². The van der Waals surface area contributed by atoms with Gasteiger partial charge in [0.15, 0.2) is 0 Å². The van der Waals surface area contributed by atoms with Gasteiger partial charge in [0.2, 0.25) is 0 Å². The Kier molecular flexibility index (Phi) is 5.13. The number of benzene rings is 2. The van der Waals surface area contributed by atoms with Gasteiger partial charge in [-0.2, -0.15) is 0 Å². The SMILES string of the molecule is O=C(c1ccccc1Cl)N1CCN(c2ccc([N+](=O)[O-])cc2-n2cnnc2)CC1. The molecule has 0 bridgehead atoms. The molecule has 1 fully saturated rings. The first-order valence-electron chi connectivity index (χ1n) is 8.97. The average Bonchev–Trinajstić information content (AvgIpc) is 3.28. The van der Waals surface area contributed by atoms with Gasteiger partial charge >= 0.3 is 0 Å². The van der Waals surface area contributed by atoms with Gasteiger partial charge in [-0.1, -0.05) is 23.7 Å². The number of piperazine rings is 1. The fourth-order valence-corrected chi connectivity index (χ4v) is 3.60. The highest BCUT2D eigenvalue weighted by atomic mass is 35.5. The Bertz CT molecular complexity index is 1050. The lowest BCUT2D eigenvalue weighted by Gasteiger charge is -2.37. The summed E-state index contributed by atoms with van der Waals surface area (Å²) in [5.74, 6) is -0.0991. The second-order valence-corrected chi connectivity index (χ2v) is 6.97. The van der Waals surface area contributed by atoms with Crippen LogP contribution in [0.15, 0.2) is 55.1 Å². The Morgan fingerprint density at radius 3 is 2.34 bits per heavy atom. The van der Waals surface area contributed by atoms with Crippen molar-refractivity contribution in [3.05, 3.63) is 75.8 Å². The third-order valence-corrected chi connectivity index (χ3v) is 5.21. The number of non-ortho nitro benzene ring substituents is 1. The highest BCUT2D eigenvalue weighted by Crippen LogP contribution is 2.30. The van der Waals surface area contributed by atoms with Crippen molar-refractivity contribution in [1.82, 2.24) is 19.7 Å². The van der Waals surface area contributed by atoms with E-state index in [1.165, 1.54) is 24.8 Å². The van der Waals surface area contributed by atoms with Gasteiger partial charge in [-0.3, -0.25) is 19.5 Å². The number of nitro benzene ring substituents is 1. The molecule has 0 N–H and O–H groups in total. The second-order valence-electron chi connectivity index (χ2n) is 6.56. The van der Waals surface area contributed by atoms with Crippen LogP contribution in [0.25, 0.3) is 5.69 Å². The number of carbonyl (C=O) groups is 1. The number of aromatic nitrogens is 3. The van der Waals surface area contributed by atoms with Crippen LogP contribution in [0.1, 0.15) is 10.4 Å². The van der Waals surface area contributed by atoms with E-state index in [2.05, 4.69) is 15.1 Å². The van der Waals surface area contributed by atoms with Crippen molar-refractivity contribution < 1.29 is 9.72 Å². The van der Waals surface area contributed by atoms with Crippen molar-refractivity contribution >= 4 is 28.9 Å². The summed E-state index contributed by atoms with van der Waals surface area (Å²) < 4.78 is 1.64. The van der Waals surface area contributed by atoms with E-state index < -0.39 is 4.92 Å². The highest BCUT2D eigenvalue weighted by Gasteiger charge is 2.25. The zero-order valence-electron chi connectivity index (χ0n) is 15.3. The molecule has 9 nitrogen and oxygen atoms in total. The minimum Gasteiger partial charge on any atom is -0.366 e. The molecule has 2 heterocycles. The maximum absolute atomic E-state index is 12.8. The van der Waals surface area contributed by atoms with Gasteiger partial charge in [0.1, 0.15) is 12.7 Å². The Morgan fingerprint density at radius 2 is 1.69 bits per heavy atom. The molecule has 0 radical (unpaired) electrons. The lowest BCUT2D eigenvalue weighted by Crippen LogP contribution is -2.49. The van der Waals surface area contributed by atoms with E-state index in [0.717, 1.165) is 5.69 Å². The molecule has 0 atom stereocenters. The van der Waals surface area contributed by atoms with Crippen LogP contribution in [0.2, 0.25) is 5.02 Å². The lowest BCUT2D eigenvalue weighted by atomic mass is 10.1. The maximum atomic E-state index is 12.8. The minimum atomic E-state index is -0.433. The summed E-state index contributed by atoms with van der Waals surface area (Å²) in [4.78, 5) is 27.4. The zero-order valence-corrected chi connectivity index (χ0v) is 16.1. The van der Waals surface area contributed by atoms with Crippen molar-refractivity contribution in [2.45, 2.75) is 0 Å². The van der Waals surface area contributed by atoms with Crippen LogP contribution in [-0.2, 0) is 0 Å². The third kappa shape index (κ3) is 3.77. The van der Waals surface area contributed by atoms with Crippen LogP contribution < -0.4 is 4.90 Å². The number of carbonyl (C=O) groups excluding carboxylic acids is 1. The molecule has 4 rings (SSSR count). The average molecular weight is 413 g/mol. The Labute approximate surface area is 171 Å². The zero-order chi connectivity index (χ0) is 20.4. The molecule has 10 heteroatoms. The molecule has 29 heavy (non-hydrogen) atoms. The third-order valence-electron chi connectivity index (χ3n) is 4.88. The molecule has 148 valence electrons. The summed E-state index contributed by atoms with van der Waals surface area (Å²) in [6.07, 6.45) is 3.00. The number of rotatable bonds is 4. The summed E-state index contributed by atoms with van der Waals surface area (Å²) in [6, 6.07) is 11.7. The minimum absolute atomic E-state index is 0.00927. The molecule has 1 aliphatic rings. The van der Waals surface area contributed by atoms with Gasteiger partial charge in [0, 0.05) is 38.3 Å². The molecule has 2 aromatic carbocycles. The Morgan fingerprint density at radius 1 is 1.00 bits per heavy atom. The van der Waals surface area contributed by atoms with Crippen molar-refractivity contribution in [3.8, 4) is 5.69 Å². The number of amides is 1. The first kappa shape index (κ1) is 18.9. The predicted molar refractivity (Wildman–Crippen MR) is 108 cm³/mol. The monoisotopic (exact) mass is 412 g/mol. The van der Waals surface area contributed by atoms with Crippen LogP contribution in [-0.4, -0.2) is 56.7 Å². The largest absolute Gasteiger partial charge is 0.366 e. The van der Waals surface area contributed by atoms with Gasteiger partial charge in [0.25, 0.3) is 11.6 Å². The normalized spacial score (nSPS) is 14.1. The molecule has 3 aromatic rings. The van der Waals surface area contributed by atoms with E-state index >= 15 is 0 Å². The van der Waals surface area contributed by atoms with Gasteiger partial charge in [-0.25, -0.2) is 0 Å². The van der Waals surface area contributed by atoms with E-state index in [9.17, 15) is 14.9 Å². The fraction of sp³-hybridized carbons (Fsp3) is 0.211. The molecule has 0 spiro atoms. The molecule has 0 aliphatic carbocycles. The predicted octanol–water partition coefficient (Wildman–Crippen LogP) is 2.79. The van der Waals surface area contributed by atoms with E-state index in [1.807, 2.05) is 0 Å². The Hall–Kier alpha value is -3.46. The van der Waals surface area contributed by atoms with Crippen LogP contribution in [0, 0.1) is 10.1 Å². The quantitative estimate of drug-likeness (QED) is 0.482. The summed E-state index contributed by atoms with van der Waals surface area (Å²) in [5, 5.41) is 19.2. The highest BCUT2D eigenvalue weighted by molar-refractivity contribution is 6.33. The lowest BCUT2D eigenvalue weighted by molar-refractivity contribution is -0.384. The van der Waals surface area contributed by atoms with E-state index in [4.69, 9.17) is 11.6 Å². The fourth-order valence-electron chi connectivity index (χ4n) is 3.38. The summed E-state index contributed by atoms with van der Waals surface area (Å²) in [5.41, 5.74) is 1.92. The van der Waals surface area contributed by atoms with Gasteiger partial charge < -0.3 is 9.80 Å². The Balaban J connectivity index is 1.55. The maximum Gasteiger partial charge on any atom is 0.271 e. The van der Waals surface area contributed by atoms with Crippen molar-refractivity contribution in [1.29, 1.82) is 0 Å². The van der Waals surface area contributed by atoms with Gasteiger partial charge in [-0.05, 0) is 18.2 Å². The standard InChI is InChI=1S/C19H17ClN6O3/c20-16-4-2-1-3-15(16)19(27)24-9-7-23(8-10-24)17-6-5-14(26(28)29)11-18(17)25-12-21-22-13-25/h1-6,11-13H,7-10H2. The molecule has 0 saturated carbocycles. The smallest absolute Gasteiger partial charge is 0.271 e. The number of nitrogens with zero attached hydrogens (tertiary/aromatic N) is 6. The molecule has 1 amide bonds. The van der Waals surface area contributed by atoms with Gasteiger partial charge in [0.05, 0.1) is 26.9 Å². The van der Waals surface area contributed by atoms with Gasteiger partial charge in [-0.15, -0.1) is 10.2 Å². The van der Waals surface area contributed by atoms with E-state index in [-0.39, 0.29) is 11.6 Å². The summed E-state index contributed by atoms with van der Waals surface area (Å²) in [6.45, 7) is 2.21. The molecular formula is C19H17ClN6O3. The van der Waals surface area contributed by atoms with Crippen LogP contribution in [0.5, 0.6) is 0 Å². The van der Waals surface area contributed by atoms with Crippen LogP contribution in [0.3, 0.4) is 0 Å². The number of hydrogen-bond donors (Lipinski definition) is 0. The molecule has 1 saturated heterocycles. The number of anilines is 1. The summed E-state index contributed by atoms with van der Waals surface area (Å²) >= 11 is 6.15. The van der Waals surface area contributed by atoms with E-state index in [1.54, 1.807) is 39.8 Å². The number of halogens is 1.